The molecule has 4 rings (SSSR count). The number of rotatable bonds is 8. The molecule has 1 aliphatic heterocycles. The van der Waals surface area contributed by atoms with Gasteiger partial charge in [0.05, 0.1) is 0 Å². The molecule has 1 saturated heterocycles. The molecule has 204 valence electrons. The second-order valence-corrected chi connectivity index (χ2v) is 9.83. The van der Waals surface area contributed by atoms with Crippen LogP contribution in [0.15, 0.2) is 78.9 Å². The van der Waals surface area contributed by atoms with E-state index in [2.05, 4.69) is 15.5 Å². The van der Waals surface area contributed by atoms with Crippen molar-refractivity contribution in [3.8, 4) is 0 Å². The van der Waals surface area contributed by atoms with Gasteiger partial charge in [-0.1, -0.05) is 30.3 Å². The highest BCUT2D eigenvalue weighted by atomic mass is 19.1. The van der Waals surface area contributed by atoms with Crippen molar-refractivity contribution in [2.45, 2.75) is 26.4 Å². The van der Waals surface area contributed by atoms with Crippen LogP contribution >= 0.6 is 0 Å². The number of hydrogen-bond donors (Lipinski definition) is 2. The molecule has 0 radical (unpaired) electrons. The first-order valence-corrected chi connectivity index (χ1v) is 13.1. The molecule has 0 saturated carbocycles. The predicted octanol–water partition coefficient (Wildman–Crippen LogP) is 4.35. The normalized spacial score (nSPS) is 13.2. The van der Waals surface area contributed by atoms with Crippen molar-refractivity contribution in [3.63, 3.8) is 0 Å². The molecule has 9 heteroatoms. The van der Waals surface area contributed by atoms with Crippen LogP contribution in [-0.2, 0) is 11.3 Å². The maximum absolute atomic E-state index is 13.4. The van der Waals surface area contributed by atoms with Crippen LogP contribution in [0.1, 0.15) is 29.8 Å². The van der Waals surface area contributed by atoms with E-state index in [0.29, 0.717) is 24.3 Å². The van der Waals surface area contributed by atoms with E-state index in [-0.39, 0.29) is 37.0 Å². The minimum Gasteiger partial charge on any atom is -0.368 e. The third-order valence-electron chi connectivity index (χ3n) is 6.42. The Kier molecular flexibility index (Phi) is 9.14. The quantitative estimate of drug-likeness (QED) is 0.453. The number of carbonyl (C=O) groups is 3. The number of hydrogen-bond acceptors (Lipinski definition) is 4. The third-order valence-corrected chi connectivity index (χ3v) is 6.42. The molecule has 1 heterocycles. The average Bonchev–Trinajstić information content (AvgIpc) is 2.93. The zero-order chi connectivity index (χ0) is 27.8. The maximum atomic E-state index is 13.4. The summed E-state index contributed by atoms with van der Waals surface area (Å²) in [6, 6.07) is 22.3. The number of nitrogens with zero attached hydrogens (tertiary/aromatic N) is 3. The number of benzene rings is 3. The fourth-order valence-corrected chi connectivity index (χ4v) is 4.41. The Morgan fingerprint density at radius 3 is 2.13 bits per heavy atom. The Balaban J connectivity index is 1.36. The SMILES string of the molecule is CC(C)NC(=O)N1CCN(c2ccc(NC(=O)CN(Cc3ccccc3)C(=O)c3ccc(F)cc3)cc2)CC1. The van der Waals surface area contributed by atoms with Crippen LogP contribution in [0, 0.1) is 5.82 Å². The van der Waals surface area contributed by atoms with Crippen molar-refractivity contribution in [1.29, 1.82) is 0 Å². The number of amides is 4. The summed E-state index contributed by atoms with van der Waals surface area (Å²) in [5.41, 5.74) is 2.82. The summed E-state index contributed by atoms with van der Waals surface area (Å²) in [5, 5.41) is 5.80. The molecular formula is C30H34FN5O3. The minimum atomic E-state index is -0.430. The second-order valence-electron chi connectivity index (χ2n) is 9.83. The van der Waals surface area contributed by atoms with Crippen molar-refractivity contribution in [2.75, 3.05) is 42.9 Å². The van der Waals surface area contributed by atoms with Gasteiger partial charge in [0, 0.05) is 55.7 Å². The van der Waals surface area contributed by atoms with Crippen LogP contribution in [-0.4, -0.2) is 66.4 Å². The minimum absolute atomic E-state index is 0.0399. The Hall–Kier alpha value is -4.40. The van der Waals surface area contributed by atoms with Crippen molar-refractivity contribution < 1.29 is 18.8 Å². The predicted molar refractivity (Wildman–Crippen MR) is 150 cm³/mol. The lowest BCUT2D eigenvalue weighted by atomic mass is 10.1. The first-order valence-electron chi connectivity index (χ1n) is 13.1. The molecule has 4 amide bonds. The number of urea groups is 1. The molecule has 0 aliphatic carbocycles. The first kappa shape index (κ1) is 27.6. The highest BCUT2D eigenvalue weighted by Crippen LogP contribution is 2.20. The topological polar surface area (TPSA) is 85.0 Å². The summed E-state index contributed by atoms with van der Waals surface area (Å²) in [6.07, 6.45) is 0. The van der Waals surface area contributed by atoms with E-state index in [1.165, 1.54) is 29.2 Å². The Bertz CT molecular complexity index is 1260. The summed E-state index contributed by atoms with van der Waals surface area (Å²) in [7, 11) is 0. The highest BCUT2D eigenvalue weighted by molar-refractivity contribution is 5.99. The summed E-state index contributed by atoms with van der Waals surface area (Å²) < 4.78 is 13.4. The molecule has 8 nitrogen and oxygen atoms in total. The van der Waals surface area contributed by atoms with Gasteiger partial charge in [-0.3, -0.25) is 9.59 Å². The number of carbonyl (C=O) groups excluding carboxylic acids is 3. The van der Waals surface area contributed by atoms with Gasteiger partial charge >= 0.3 is 6.03 Å². The van der Waals surface area contributed by atoms with Gasteiger partial charge in [-0.25, -0.2) is 9.18 Å². The number of halogens is 1. The van der Waals surface area contributed by atoms with Gasteiger partial charge in [0.15, 0.2) is 0 Å². The molecule has 2 N–H and O–H groups in total. The van der Waals surface area contributed by atoms with Gasteiger partial charge < -0.3 is 25.3 Å². The second kappa shape index (κ2) is 12.9. The highest BCUT2D eigenvalue weighted by Gasteiger charge is 2.22. The smallest absolute Gasteiger partial charge is 0.317 e. The Morgan fingerprint density at radius 1 is 0.872 bits per heavy atom. The summed E-state index contributed by atoms with van der Waals surface area (Å²) in [5.74, 6) is -1.12. The van der Waals surface area contributed by atoms with Gasteiger partial charge in [0.25, 0.3) is 5.91 Å². The van der Waals surface area contributed by atoms with Crippen molar-refractivity contribution in [1.82, 2.24) is 15.1 Å². The maximum Gasteiger partial charge on any atom is 0.317 e. The molecule has 0 unspecified atom stereocenters. The van der Waals surface area contributed by atoms with E-state index in [1.807, 2.05) is 73.3 Å². The van der Waals surface area contributed by atoms with Crippen LogP contribution < -0.4 is 15.5 Å². The van der Waals surface area contributed by atoms with Crippen molar-refractivity contribution in [2.24, 2.45) is 0 Å². The standard InChI is InChI=1S/C30H34FN5O3/c1-22(2)32-30(39)35-18-16-34(17-19-35)27-14-12-26(13-15-27)33-28(37)21-36(20-23-6-4-3-5-7-23)29(38)24-8-10-25(31)11-9-24/h3-15,22H,16-21H2,1-2H3,(H,32,39)(H,33,37). The molecular weight excluding hydrogens is 497 g/mol. The molecule has 0 bridgehead atoms. The van der Waals surface area contributed by atoms with Gasteiger partial charge in [0.1, 0.15) is 12.4 Å². The van der Waals surface area contributed by atoms with E-state index < -0.39 is 5.82 Å². The van der Waals surface area contributed by atoms with Crippen LogP contribution in [0.5, 0.6) is 0 Å². The van der Waals surface area contributed by atoms with Crippen LogP contribution in [0.2, 0.25) is 0 Å². The third kappa shape index (κ3) is 7.80. The summed E-state index contributed by atoms with van der Waals surface area (Å²) in [4.78, 5) is 43.8. The van der Waals surface area contributed by atoms with Crippen molar-refractivity contribution >= 4 is 29.2 Å². The van der Waals surface area contributed by atoms with E-state index in [1.54, 1.807) is 0 Å². The van der Waals surface area contributed by atoms with Gasteiger partial charge in [-0.15, -0.1) is 0 Å². The monoisotopic (exact) mass is 531 g/mol. The van der Waals surface area contributed by atoms with Crippen LogP contribution in [0.3, 0.4) is 0 Å². The molecule has 0 aromatic heterocycles. The lowest BCUT2D eigenvalue weighted by Gasteiger charge is -2.36. The lowest BCUT2D eigenvalue weighted by Crippen LogP contribution is -2.52. The molecule has 1 aliphatic rings. The molecule has 0 spiro atoms. The zero-order valence-electron chi connectivity index (χ0n) is 22.3. The largest absolute Gasteiger partial charge is 0.368 e. The van der Waals surface area contributed by atoms with Crippen LogP contribution in [0.4, 0.5) is 20.6 Å². The van der Waals surface area contributed by atoms with E-state index in [4.69, 9.17) is 0 Å². The fraction of sp³-hybridized carbons (Fsp3) is 0.300. The Morgan fingerprint density at radius 2 is 1.51 bits per heavy atom. The van der Waals surface area contributed by atoms with Crippen molar-refractivity contribution in [3.05, 3.63) is 95.8 Å². The molecule has 3 aromatic carbocycles. The average molecular weight is 532 g/mol. The van der Waals surface area contributed by atoms with E-state index in [9.17, 15) is 18.8 Å². The fourth-order valence-electron chi connectivity index (χ4n) is 4.41. The molecule has 39 heavy (non-hydrogen) atoms. The number of piperazine rings is 1. The van der Waals surface area contributed by atoms with Gasteiger partial charge in [-0.2, -0.15) is 0 Å². The van der Waals surface area contributed by atoms with E-state index in [0.717, 1.165) is 24.3 Å². The number of nitrogens with one attached hydrogen (secondary N) is 2. The Labute approximate surface area is 228 Å². The zero-order valence-corrected chi connectivity index (χ0v) is 22.3. The number of anilines is 2. The molecule has 0 atom stereocenters. The first-order chi connectivity index (χ1) is 18.8. The summed E-state index contributed by atoms with van der Waals surface area (Å²) >= 11 is 0. The van der Waals surface area contributed by atoms with Crippen LogP contribution in [0.25, 0.3) is 0 Å². The lowest BCUT2D eigenvalue weighted by molar-refractivity contribution is -0.117. The van der Waals surface area contributed by atoms with Gasteiger partial charge in [0.2, 0.25) is 5.91 Å². The van der Waals surface area contributed by atoms with Gasteiger partial charge in [-0.05, 0) is 67.9 Å². The summed E-state index contributed by atoms with van der Waals surface area (Å²) in [6.45, 7) is 6.68. The molecule has 3 aromatic rings. The van der Waals surface area contributed by atoms with E-state index >= 15 is 0 Å². The molecule has 1 fully saturated rings.